The van der Waals surface area contributed by atoms with Crippen molar-refractivity contribution in [1.82, 2.24) is 4.72 Å². The maximum Gasteiger partial charge on any atom is 0.324 e. The molecule has 0 aliphatic carbocycles. The second-order valence-electron chi connectivity index (χ2n) is 3.76. The molecule has 1 rings (SSSR count). The number of hydrogen-bond acceptors (Lipinski definition) is 5. The first-order valence-corrected chi connectivity index (χ1v) is 7.25. The van der Waals surface area contributed by atoms with Gasteiger partial charge in [0.1, 0.15) is 16.7 Å². The van der Waals surface area contributed by atoms with E-state index in [1.165, 1.54) is 32.4 Å². The fraction of sp³-hybridized carbons (Fsp3) is 0.364. The summed E-state index contributed by atoms with van der Waals surface area (Å²) in [5, 5.41) is 9.22. The van der Waals surface area contributed by atoms with E-state index in [-0.39, 0.29) is 17.3 Å². The van der Waals surface area contributed by atoms with Gasteiger partial charge in [-0.15, -0.1) is 0 Å². The molecule has 112 valence electrons. The van der Waals surface area contributed by atoms with Crippen molar-refractivity contribution in [3.8, 4) is 5.75 Å². The van der Waals surface area contributed by atoms with Crippen LogP contribution in [0.2, 0.25) is 5.02 Å². The lowest BCUT2D eigenvalue weighted by Crippen LogP contribution is -2.43. The van der Waals surface area contributed by atoms with E-state index < -0.39 is 22.0 Å². The van der Waals surface area contributed by atoms with Crippen molar-refractivity contribution in [3.05, 3.63) is 23.2 Å². The number of aliphatic carboxylic acids is 1. The van der Waals surface area contributed by atoms with Crippen molar-refractivity contribution in [2.45, 2.75) is 10.9 Å². The van der Waals surface area contributed by atoms with Crippen molar-refractivity contribution < 1.29 is 27.8 Å². The van der Waals surface area contributed by atoms with E-state index in [2.05, 4.69) is 4.74 Å². The van der Waals surface area contributed by atoms with E-state index in [1.807, 2.05) is 4.72 Å². The van der Waals surface area contributed by atoms with Gasteiger partial charge in [-0.05, 0) is 12.1 Å². The Kier molecular flexibility index (Phi) is 5.75. The van der Waals surface area contributed by atoms with Crippen LogP contribution in [0, 0.1) is 0 Å². The number of hydrogen-bond donors (Lipinski definition) is 2. The molecule has 0 aliphatic rings. The number of halogens is 1. The van der Waals surface area contributed by atoms with Crippen LogP contribution in [0.15, 0.2) is 23.1 Å². The summed E-state index contributed by atoms with van der Waals surface area (Å²) in [6.07, 6.45) is 0. The molecule has 1 atom stereocenters. The van der Waals surface area contributed by atoms with Crippen molar-refractivity contribution in [1.29, 1.82) is 0 Å². The van der Waals surface area contributed by atoms with E-state index >= 15 is 0 Å². The number of carbonyl (C=O) groups is 1. The summed E-state index contributed by atoms with van der Waals surface area (Å²) in [6.45, 7) is -0.301. The van der Waals surface area contributed by atoms with Crippen molar-refractivity contribution in [2.75, 3.05) is 20.8 Å². The fourth-order valence-electron chi connectivity index (χ4n) is 1.44. The van der Waals surface area contributed by atoms with Crippen LogP contribution in [0.5, 0.6) is 5.75 Å². The summed E-state index contributed by atoms with van der Waals surface area (Å²) in [6, 6.07) is 2.52. The van der Waals surface area contributed by atoms with Crippen LogP contribution < -0.4 is 9.46 Å². The van der Waals surface area contributed by atoms with Gasteiger partial charge in [0.2, 0.25) is 10.0 Å². The SMILES string of the molecule is COCC(NS(=O)(=O)c1ccc(Cl)cc1OC)C(=O)O. The number of methoxy groups -OCH3 is 2. The highest BCUT2D eigenvalue weighted by Crippen LogP contribution is 2.27. The van der Waals surface area contributed by atoms with Crippen LogP contribution in [0.25, 0.3) is 0 Å². The van der Waals surface area contributed by atoms with Gasteiger partial charge in [0.15, 0.2) is 0 Å². The molecule has 0 radical (unpaired) electrons. The molecule has 0 bridgehead atoms. The number of ether oxygens (including phenoxy) is 2. The quantitative estimate of drug-likeness (QED) is 0.767. The van der Waals surface area contributed by atoms with Crippen molar-refractivity contribution in [3.63, 3.8) is 0 Å². The van der Waals surface area contributed by atoms with E-state index in [0.29, 0.717) is 5.02 Å². The van der Waals surface area contributed by atoms with Gasteiger partial charge in [-0.1, -0.05) is 11.6 Å². The minimum atomic E-state index is -4.08. The average Bonchev–Trinajstić information content (AvgIpc) is 2.37. The van der Waals surface area contributed by atoms with Gasteiger partial charge in [0.25, 0.3) is 0 Å². The third-order valence-electron chi connectivity index (χ3n) is 2.34. The summed E-state index contributed by atoms with van der Waals surface area (Å²) >= 11 is 5.74. The molecule has 2 N–H and O–H groups in total. The topological polar surface area (TPSA) is 102 Å². The summed E-state index contributed by atoms with van der Waals surface area (Å²) in [5.41, 5.74) is 0. The zero-order valence-electron chi connectivity index (χ0n) is 10.8. The first kappa shape index (κ1) is 16.7. The summed E-state index contributed by atoms with van der Waals surface area (Å²) in [7, 11) is -1.52. The summed E-state index contributed by atoms with van der Waals surface area (Å²) in [4.78, 5) is 10.7. The third kappa shape index (κ3) is 4.07. The molecule has 7 nitrogen and oxygen atoms in total. The largest absolute Gasteiger partial charge is 0.495 e. The molecule has 1 aromatic carbocycles. The van der Waals surface area contributed by atoms with Gasteiger partial charge in [-0.2, -0.15) is 4.72 Å². The first-order chi connectivity index (χ1) is 9.31. The van der Waals surface area contributed by atoms with Gasteiger partial charge in [0, 0.05) is 18.2 Å². The molecule has 0 saturated carbocycles. The minimum absolute atomic E-state index is 0.0200. The maximum atomic E-state index is 12.2. The lowest BCUT2D eigenvalue weighted by atomic mass is 10.3. The van der Waals surface area contributed by atoms with Crippen LogP contribution in [0.1, 0.15) is 0 Å². The average molecular weight is 324 g/mol. The van der Waals surface area contributed by atoms with Gasteiger partial charge in [-0.3, -0.25) is 4.79 Å². The van der Waals surface area contributed by atoms with Gasteiger partial charge in [0.05, 0.1) is 13.7 Å². The van der Waals surface area contributed by atoms with Gasteiger partial charge < -0.3 is 14.6 Å². The Hall–Kier alpha value is -1.35. The van der Waals surface area contributed by atoms with E-state index in [1.54, 1.807) is 0 Å². The van der Waals surface area contributed by atoms with Crippen molar-refractivity contribution in [2.24, 2.45) is 0 Å². The molecular weight excluding hydrogens is 310 g/mol. The second-order valence-corrected chi connectivity index (χ2v) is 5.88. The van der Waals surface area contributed by atoms with Gasteiger partial charge in [-0.25, -0.2) is 8.42 Å². The Morgan fingerprint density at radius 3 is 2.60 bits per heavy atom. The van der Waals surface area contributed by atoms with Gasteiger partial charge >= 0.3 is 5.97 Å². The van der Waals surface area contributed by atoms with Crippen LogP contribution in [-0.4, -0.2) is 46.4 Å². The van der Waals surface area contributed by atoms with E-state index in [4.69, 9.17) is 21.4 Å². The van der Waals surface area contributed by atoms with Crippen LogP contribution >= 0.6 is 11.6 Å². The number of benzene rings is 1. The number of carboxylic acid groups (broad SMARTS) is 1. The molecular formula is C11H14ClNO6S. The van der Waals surface area contributed by atoms with E-state index in [9.17, 15) is 13.2 Å². The molecule has 0 aliphatic heterocycles. The highest BCUT2D eigenvalue weighted by molar-refractivity contribution is 7.89. The van der Waals surface area contributed by atoms with Crippen LogP contribution in [-0.2, 0) is 19.6 Å². The lowest BCUT2D eigenvalue weighted by Gasteiger charge is -2.15. The molecule has 1 unspecified atom stereocenters. The molecule has 9 heteroatoms. The Labute approximate surface area is 121 Å². The smallest absolute Gasteiger partial charge is 0.324 e. The second kappa shape index (κ2) is 6.89. The van der Waals surface area contributed by atoms with Crippen molar-refractivity contribution >= 4 is 27.6 Å². The Morgan fingerprint density at radius 2 is 2.10 bits per heavy atom. The zero-order chi connectivity index (χ0) is 15.3. The molecule has 0 fully saturated rings. The molecule has 1 aromatic rings. The Balaban J connectivity index is 3.13. The molecule has 0 saturated heterocycles. The lowest BCUT2D eigenvalue weighted by molar-refractivity contribution is -0.140. The van der Waals surface area contributed by atoms with E-state index in [0.717, 1.165) is 0 Å². The zero-order valence-corrected chi connectivity index (χ0v) is 12.4. The maximum absolute atomic E-state index is 12.2. The highest BCUT2D eigenvalue weighted by atomic mass is 35.5. The monoisotopic (exact) mass is 323 g/mol. The normalized spacial score (nSPS) is 12.9. The molecule has 0 amide bonds. The predicted molar refractivity (Wildman–Crippen MR) is 71.6 cm³/mol. The predicted octanol–water partition coefficient (Wildman–Crippen LogP) is 0.726. The first-order valence-electron chi connectivity index (χ1n) is 5.39. The molecule has 0 aromatic heterocycles. The Morgan fingerprint density at radius 1 is 1.45 bits per heavy atom. The van der Waals surface area contributed by atoms with Crippen LogP contribution in [0.4, 0.5) is 0 Å². The minimum Gasteiger partial charge on any atom is -0.495 e. The number of sulfonamides is 1. The van der Waals surface area contributed by atoms with Crippen LogP contribution in [0.3, 0.4) is 0 Å². The highest BCUT2D eigenvalue weighted by Gasteiger charge is 2.27. The molecule has 0 heterocycles. The standard InChI is InChI=1S/C11H14ClNO6S/c1-18-6-8(11(14)15)13-20(16,17)10-4-3-7(12)5-9(10)19-2/h3-5,8,13H,6H2,1-2H3,(H,14,15). The summed E-state index contributed by atoms with van der Waals surface area (Å²) < 4.78 is 35.9. The Bertz CT molecular complexity index is 589. The third-order valence-corrected chi connectivity index (χ3v) is 4.09. The summed E-state index contributed by atoms with van der Waals surface area (Å²) in [5.74, 6) is -1.32. The fourth-order valence-corrected chi connectivity index (χ4v) is 2.92. The number of carboxylic acids is 1. The molecule has 0 spiro atoms. The molecule has 20 heavy (non-hydrogen) atoms. The number of rotatable bonds is 7. The number of nitrogens with one attached hydrogen (secondary N) is 1.